The van der Waals surface area contributed by atoms with Gasteiger partial charge in [-0.1, -0.05) is 0 Å². The monoisotopic (exact) mass is 610 g/mol. The van der Waals surface area contributed by atoms with Crippen molar-refractivity contribution in [1.29, 1.82) is 0 Å². The van der Waals surface area contributed by atoms with Crippen molar-refractivity contribution < 1.29 is 59.7 Å². The van der Waals surface area contributed by atoms with Gasteiger partial charge < -0.3 is 91.9 Å². The summed E-state index contributed by atoms with van der Waals surface area (Å²) in [5.41, 5.74) is 0. The maximum atomic E-state index is 8.25. The van der Waals surface area contributed by atoms with Crippen LogP contribution in [0.3, 0.4) is 0 Å². The average Bonchev–Trinajstić information content (AvgIpc) is 2.08. The summed E-state index contributed by atoms with van der Waals surface area (Å²) in [7, 11) is 0. The van der Waals surface area contributed by atoms with Crippen molar-refractivity contribution in [2.75, 3.05) is 0 Å². The van der Waals surface area contributed by atoms with Gasteiger partial charge in [-0.15, -0.1) is 0 Å². The van der Waals surface area contributed by atoms with E-state index in [0.717, 1.165) is 0 Å². The van der Waals surface area contributed by atoms with Crippen LogP contribution in [0.25, 0.3) is 0 Å². The van der Waals surface area contributed by atoms with Gasteiger partial charge in [-0.05, 0) is 0 Å². The number of hydrogen-bond donors (Lipinski definition) is 0. The summed E-state index contributed by atoms with van der Waals surface area (Å²) >= 11 is 0. The van der Waals surface area contributed by atoms with Crippen LogP contribution in [-0.4, -0.2) is 30.5 Å². The van der Waals surface area contributed by atoms with Crippen LogP contribution in [0.15, 0.2) is 0 Å². The first-order chi connectivity index (χ1) is 10.4. The molecule has 0 heterocycles. The Kier molecular flexibility index (Phi) is 63.4. The molecule has 25 heavy (non-hydrogen) atoms. The number of rotatable bonds is 0. The fourth-order valence-electron chi connectivity index (χ4n) is 0. The largest absolute Gasteiger partial charge is 0.356 e. The van der Waals surface area contributed by atoms with Gasteiger partial charge in [-0.25, -0.2) is 0 Å². The van der Waals surface area contributed by atoms with Crippen molar-refractivity contribution >= 4 is 0 Å². The van der Waals surface area contributed by atoms with E-state index < -0.39 is 30.5 Å². The Labute approximate surface area is 152 Å². The molecule has 0 spiro atoms. The molecule has 0 aromatic heterocycles. The Balaban J connectivity index is -0.0000000309. The van der Waals surface area contributed by atoms with E-state index in [9.17, 15) is 0 Å². The zero-order valence-corrected chi connectivity index (χ0v) is 13.8. The zero-order valence-electron chi connectivity index (χ0n) is 10.4. The molecular formula is N6O18Pu-6. The van der Waals surface area contributed by atoms with Crippen LogP contribution in [0.5, 0.6) is 0 Å². The van der Waals surface area contributed by atoms with Gasteiger partial charge in [0.05, 0.1) is 30.5 Å². The average molecular weight is 616 g/mol. The second-order valence-electron chi connectivity index (χ2n) is 1.34. The Morgan fingerprint density at radius 1 is 0.280 bits per heavy atom. The summed E-state index contributed by atoms with van der Waals surface area (Å²) < 4.78 is 0. The minimum Gasteiger partial charge on any atom is -0.356 e. The summed E-state index contributed by atoms with van der Waals surface area (Å²) in [6, 6.07) is 0. The molecule has 0 aromatic carbocycles. The molecule has 0 rings (SSSR count). The van der Waals surface area contributed by atoms with Crippen molar-refractivity contribution in [3.63, 3.8) is 0 Å². The van der Waals surface area contributed by atoms with Gasteiger partial charge in [0, 0.05) is 29.2 Å². The molecular weight excluding hydrogens is 616 g/mol. The fraction of sp³-hybridized carbons (Fsp3) is 0. The second kappa shape index (κ2) is 36.9. The summed E-state index contributed by atoms with van der Waals surface area (Å²) in [4.78, 5) is 49.5. The van der Waals surface area contributed by atoms with Crippen molar-refractivity contribution in [3.05, 3.63) is 91.9 Å². The van der Waals surface area contributed by atoms with Gasteiger partial charge in [0.2, 0.25) is 0 Å². The number of hydrogen-bond acceptors (Lipinski definition) is 18. The maximum absolute atomic E-state index is 8.25. The third kappa shape index (κ3) is 459. The Bertz CT molecular complexity index is 257. The van der Waals surface area contributed by atoms with Crippen LogP contribution in [0, 0.1) is 121 Å². The van der Waals surface area contributed by atoms with Crippen LogP contribution >= 0.6 is 0 Å². The fourth-order valence-corrected chi connectivity index (χ4v) is 0. The molecule has 0 fully saturated rings. The summed E-state index contributed by atoms with van der Waals surface area (Å²) in [6.07, 6.45) is 0. The molecule has 0 atom stereocenters. The predicted molar refractivity (Wildman–Crippen MR) is 62.2 cm³/mol. The molecule has 0 amide bonds. The van der Waals surface area contributed by atoms with E-state index in [2.05, 4.69) is 0 Å². The van der Waals surface area contributed by atoms with Crippen molar-refractivity contribution in [3.8, 4) is 0 Å². The Morgan fingerprint density at radius 3 is 0.280 bits per heavy atom. The Morgan fingerprint density at radius 2 is 0.280 bits per heavy atom. The molecule has 0 aliphatic heterocycles. The third-order valence-corrected chi connectivity index (χ3v) is 0. The molecule has 0 bridgehead atoms. The number of nitrogens with zero attached hydrogens (tertiary/aromatic N) is 6. The molecule has 0 aromatic rings. The van der Waals surface area contributed by atoms with Crippen LogP contribution in [-0.2, 0) is 0 Å². The maximum Gasteiger partial charge on any atom is 0.0689 e. The van der Waals surface area contributed by atoms with E-state index in [-0.39, 0.29) is 29.2 Å². The standard InChI is InChI=1S/6NO3.Pu/c6*2-1(3)4;/q6*-1;. The quantitative estimate of drug-likeness (QED) is 0.222. The van der Waals surface area contributed by atoms with Crippen LogP contribution in [0.2, 0.25) is 0 Å². The van der Waals surface area contributed by atoms with Gasteiger partial charge in [-0.2, -0.15) is 0 Å². The van der Waals surface area contributed by atoms with Gasteiger partial charge in [0.1, 0.15) is 0 Å². The Hall–Kier alpha value is -3.81. The van der Waals surface area contributed by atoms with E-state index in [1.807, 2.05) is 0 Å². The van der Waals surface area contributed by atoms with E-state index in [1.54, 1.807) is 0 Å². The molecule has 24 nitrogen and oxygen atoms in total. The van der Waals surface area contributed by atoms with Crippen molar-refractivity contribution in [2.45, 2.75) is 0 Å². The van der Waals surface area contributed by atoms with Crippen molar-refractivity contribution in [1.82, 2.24) is 0 Å². The second-order valence-corrected chi connectivity index (χ2v) is 1.34. The first-order valence-corrected chi connectivity index (χ1v) is 3.29. The van der Waals surface area contributed by atoms with E-state index >= 15 is 0 Å². The molecule has 0 radical (unpaired) electrons. The molecule has 0 aliphatic carbocycles. The normalized spacial score (nSPS) is 5.76. The summed E-state index contributed by atoms with van der Waals surface area (Å²) in [5.74, 6) is 0. The minimum atomic E-state index is -1.75. The topological polar surface area (TPSA) is 397 Å². The van der Waals surface area contributed by atoms with Gasteiger partial charge >= 0.3 is 0 Å². The molecule has 0 N–H and O–H groups in total. The molecule has 25 heteroatoms. The van der Waals surface area contributed by atoms with E-state index in [1.165, 1.54) is 0 Å². The smallest absolute Gasteiger partial charge is 0.0689 e. The van der Waals surface area contributed by atoms with E-state index in [4.69, 9.17) is 91.9 Å². The molecule has 0 saturated heterocycles. The summed E-state index contributed by atoms with van der Waals surface area (Å²) in [5, 5.41) is 88.5. The predicted octanol–water partition coefficient (Wildman–Crippen LogP) is -1.43. The van der Waals surface area contributed by atoms with Crippen LogP contribution in [0.1, 0.15) is 0 Å². The van der Waals surface area contributed by atoms with Gasteiger partial charge in [0.25, 0.3) is 0 Å². The minimum absolute atomic E-state index is 0. The summed E-state index contributed by atoms with van der Waals surface area (Å²) in [6.45, 7) is 0. The molecule has 150 valence electrons. The van der Waals surface area contributed by atoms with E-state index in [0.29, 0.717) is 0 Å². The van der Waals surface area contributed by atoms with Crippen LogP contribution < -0.4 is 0 Å². The molecule has 0 unspecified atom stereocenters. The van der Waals surface area contributed by atoms with Gasteiger partial charge in [-0.3, -0.25) is 0 Å². The van der Waals surface area contributed by atoms with Gasteiger partial charge in [0.15, 0.2) is 0 Å². The SMILES string of the molecule is O=[N+]([O-])[O-].O=[N+]([O-])[O-].O=[N+]([O-])[O-].O=[N+]([O-])[O-].O=[N+]([O-])[O-].O=[N+]([O-])[O-].[Pu]. The molecule has 0 aliphatic rings. The first-order valence-electron chi connectivity index (χ1n) is 3.29. The molecule has 0 saturated carbocycles. The third-order valence-electron chi connectivity index (χ3n) is 0. The van der Waals surface area contributed by atoms with Crippen molar-refractivity contribution in [2.24, 2.45) is 0 Å². The zero-order chi connectivity index (χ0) is 21.5. The van der Waals surface area contributed by atoms with Crippen LogP contribution in [0.4, 0.5) is 0 Å². The first kappa shape index (κ1) is 42.9.